The van der Waals surface area contributed by atoms with E-state index in [0.717, 1.165) is 39.7 Å². The standard InChI is InChI=1S/C36H25F2N5.Pt/c1-36(2)25-16-26(39-3)18-27(17-25)42-21-28(23-10-6-4-7-11-23)33(40-42)14-15-34-29(24-12-8-5-9-13-24)22-43(41-34)35-19-30(36)31(37)20-32(35)38;/h4-13,16,18,20-22H,14-15H2,1-2H3;/q-2;+2. The van der Waals surface area contributed by atoms with Crippen molar-refractivity contribution in [2.24, 2.45) is 0 Å². The van der Waals surface area contributed by atoms with E-state index in [1.807, 2.05) is 80.7 Å². The fourth-order valence-electron chi connectivity index (χ4n) is 5.69. The summed E-state index contributed by atoms with van der Waals surface area (Å²) < 4.78 is 34.2. The summed E-state index contributed by atoms with van der Waals surface area (Å²) in [6.45, 7) is 11.4. The van der Waals surface area contributed by atoms with Crippen molar-refractivity contribution in [3.8, 4) is 33.6 Å². The van der Waals surface area contributed by atoms with Crippen LogP contribution in [-0.4, -0.2) is 19.6 Å². The van der Waals surface area contributed by atoms with E-state index in [1.165, 1.54) is 4.68 Å². The number of rotatable bonds is 2. The molecule has 6 aromatic rings. The van der Waals surface area contributed by atoms with Gasteiger partial charge in [0.2, 0.25) is 0 Å². The maximum atomic E-state index is 15.6. The SMILES string of the molecule is [C-]#[N+]c1cc2[c-]c(c1)C(C)(C)c1[c-]c(c(F)cc1F)-n1cc(-c3ccccc3)c(n1)CCc1nn-2cc1-c1ccccc1.[Pt+2]. The second-order valence-electron chi connectivity index (χ2n) is 11.2. The Labute approximate surface area is 268 Å². The van der Waals surface area contributed by atoms with E-state index in [2.05, 4.69) is 17.0 Å². The van der Waals surface area contributed by atoms with Gasteiger partial charge in [0, 0.05) is 35.2 Å². The predicted octanol–water partition coefficient (Wildman–Crippen LogP) is 8.24. The number of halogens is 2. The number of benzene rings is 4. The van der Waals surface area contributed by atoms with E-state index >= 15 is 8.78 Å². The first-order valence-electron chi connectivity index (χ1n) is 14.0. The van der Waals surface area contributed by atoms with Crippen LogP contribution in [0.4, 0.5) is 14.5 Å². The van der Waals surface area contributed by atoms with Crippen molar-refractivity contribution in [2.45, 2.75) is 32.1 Å². The molecule has 0 saturated carbocycles. The van der Waals surface area contributed by atoms with Crippen LogP contribution in [0.25, 0.3) is 38.5 Å². The van der Waals surface area contributed by atoms with E-state index in [4.69, 9.17) is 16.8 Å². The molecule has 3 heterocycles. The van der Waals surface area contributed by atoms with Gasteiger partial charge >= 0.3 is 21.1 Å². The van der Waals surface area contributed by atoms with Gasteiger partial charge in [-0.3, -0.25) is 23.0 Å². The third-order valence-electron chi connectivity index (χ3n) is 8.05. The zero-order chi connectivity index (χ0) is 29.7. The quantitative estimate of drug-likeness (QED) is 0.167. The molecule has 4 aromatic carbocycles. The van der Waals surface area contributed by atoms with Crippen LogP contribution in [-0.2, 0) is 39.3 Å². The minimum atomic E-state index is -1.03. The largest absolute Gasteiger partial charge is 2.00 e. The minimum Gasteiger partial charge on any atom is -0.284 e. The normalized spacial score (nSPS) is 13.2. The Bertz CT molecular complexity index is 2040. The molecule has 0 N–H and O–H groups in total. The fourth-order valence-corrected chi connectivity index (χ4v) is 5.69. The molecule has 0 radical (unpaired) electrons. The molecular weight excluding hydrogens is 736 g/mol. The van der Waals surface area contributed by atoms with Gasteiger partial charge in [-0.1, -0.05) is 80.2 Å². The van der Waals surface area contributed by atoms with Crippen LogP contribution < -0.4 is 0 Å². The first kappa shape index (κ1) is 29.4. The van der Waals surface area contributed by atoms with Crippen molar-refractivity contribution in [3.63, 3.8) is 0 Å². The number of fused-ring (bicyclic) bond motifs is 10. The molecule has 0 spiro atoms. The fraction of sp³-hybridized carbons (Fsp3) is 0.139. The predicted molar refractivity (Wildman–Crippen MR) is 161 cm³/mol. The molecule has 218 valence electrons. The molecule has 0 atom stereocenters. The molecule has 8 heteroatoms. The molecule has 8 bridgehead atoms. The molecule has 1 aliphatic heterocycles. The number of aryl methyl sites for hydroxylation is 2. The summed E-state index contributed by atoms with van der Waals surface area (Å²) in [5, 5.41) is 9.82. The topological polar surface area (TPSA) is 40.0 Å². The number of hydrogen-bond acceptors (Lipinski definition) is 2. The Morgan fingerprint density at radius 2 is 1.34 bits per heavy atom. The van der Waals surface area contributed by atoms with Gasteiger partial charge in [-0.25, -0.2) is 0 Å². The third kappa shape index (κ3) is 5.10. The van der Waals surface area contributed by atoms with E-state index in [9.17, 15) is 0 Å². The summed E-state index contributed by atoms with van der Waals surface area (Å²) in [4.78, 5) is 3.69. The van der Waals surface area contributed by atoms with E-state index in [1.54, 1.807) is 23.0 Å². The van der Waals surface area contributed by atoms with Gasteiger partial charge in [0.1, 0.15) is 0 Å². The molecule has 44 heavy (non-hydrogen) atoms. The van der Waals surface area contributed by atoms with Crippen molar-refractivity contribution >= 4 is 5.69 Å². The van der Waals surface area contributed by atoms with Crippen LogP contribution in [0.5, 0.6) is 0 Å². The van der Waals surface area contributed by atoms with Crippen molar-refractivity contribution < 1.29 is 29.8 Å². The van der Waals surface area contributed by atoms with Crippen molar-refractivity contribution in [3.05, 3.63) is 149 Å². The van der Waals surface area contributed by atoms with Gasteiger partial charge in [0.05, 0.1) is 23.6 Å². The molecule has 2 aromatic heterocycles. The molecule has 0 aliphatic carbocycles. The molecule has 0 unspecified atom stereocenters. The third-order valence-corrected chi connectivity index (χ3v) is 8.05. The zero-order valence-electron chi connectivity index (χ0n) is 23.9. The van der Waals surface area contributed by atoms with Gasteiger partial charge in [0.25, 0.3) is 0 Å². The minimum absolute atomic E-state index is 0. The second kappa shape index (κ2) is 11.4. The summed E-state index contributed by atoms with van der Waals surface area (Å²) >= 11 is 0. The van der Waals surface area contributed by atoms with Crippen molar-refractivity contribution in [2.75, 3.05) is 0 Å². The first-order chi connectivity index (χ1) is 20.8. The average molecular weight is 761 g/mol. The molecule has 7 rings (SSSR count). The molecule has 0 saturated heterocycles. The van der Waals surface area contributed by atoms with Crippen LogP contribution in [0, 0.1) is 30.3 Å². The van der Waals surface area contributed by atoms with Crippen molar-refractivity contribution in [1.29, 1.82) is 0 Å². The second-order valence-corrected chi connectivity index (χ2v) is 11.2. The number of nitrogens with zero attached hydrogens (tertiary/aromatic N) is 5. The molecule has 0 fully saturated rings. The molecule has 0 amide bonds. The summed E-state index contributed by atoms with van der Waals surface area (Å²) in [5.41, 5.74) is 5.99. The first-order valence-corrected chi connectivity index (χ1v) is 14.0. The van der Waals surface area contributed by atoms with Crippen LogP contribution in [0.2, 0.25) is 0 Å². The average Bonchev–Trinajstić information content (AvgIpc) is 3.65. The van der Waals surface area contributed by atoms with Crippen LogP contribution >= 0.6 is 0 Å². The zero-order valence-corrected chi connectivity index (χ0v) is 26.2. The molecule has 1 aliphatic rings. The van der Waals surface area contributed by atoms with Gasteiger partial charge in [-0.05, 0) is 35.1 Å². The van der Waals surface area contributed by atoms with Crippen LogP contribution in [0.3, 0.4) is 0 Å². The summed E-state index contributed by atoms with van der Waals surface area (Å²) in [5.74, 6) is -1.50. The van der Waals surface area contributed by atoms with Gasteiger partial charge in [0.15, 0.2) is 0 Å². The van der Waals surface area contributed by atoms with E-state index in [0.29, 0.717) is 29.8 Å². The Hall–Kier alpha value is -4.66. The van der Waals surface area contributed by atoms with E-state index < -0.39 is 17.0 Å². The van der Waals surface area contributed by atoms with Crippen LogP contribution in [0.1, 0.15) is 36.4 Å². The van der Waals surface area contributed by atoms with Gasteiger partial charge in [-0.15, -0.1) is 23.8 Å². The monoisotopic (exact) mass is 760 g/mol. The van der Waals surface area contributed by atoms with Crippen molar-refractivity contribution in [1.82, 2.24) is 19.6 Å². The van der Waals surface area contributed by atoms with Gasteiger partial charge < -0.3 is 0 Å². The summed E-state index contributed by atoms with van der Waals surface area (Å²) in [7, 11) is 0. The Morgan fingerprint density at radius 1 is 0.773 bits per heavy atom. The Balaban J connectivity index is 0.00000343. The van der Waals surface area contributed by atoms with Gasteiger partial charge in [-0.2, -0.15) is 27.9 Å². The molecule has 5 nitrogen and oxygen atoms in total. The maximum Gasteiger partial charge on any atom is 2.00 e. The maximum absolute atomic E-state index is 15.6. The summed E-state index contributed by atoms with van der Waals surface area (Å²) in [6.07, 6.45) is 4.80. The molecular formula is C36H25F2N5Pt. The van der Waals surface area contributed by atoms with E-state index in [-0.39, 0.29) is 32.3 Å². The Morgan fingerprint density at radius 3 is 1.93 bits per heavy atom. The summed E-state index contributed by atoms with van der Waals surface area (Å²) in [6, 6.07) is 30.5. The smallest absolute Gasteiger partial charge is 0.284 e. The number of aromatic nitrogens is 4. The Kier molecular flexibility index (Phi) is 7.65. The number of hydrogen-bond donors (Lipinski definition) is 0. The van der Waals surface area contributed by atoms with Crippen LogP contribution in [0.15, 0.2) is 91.3 Å².